The number of hydrogen-bond acceptors (Lipinski definition) is 3. The molecule has 4 rings (SSSR count). The number of nitrogens with one attached hydrogen (secondary N) is 2. The lowest BCUT2D eigenvalue weighted by molar-refractivity contribution is -0.107. The number of amides is 2. The van der Waals surface area contributed by atoms with Crippen LogP contribution in [0.5, 0.6) is 0 Å². The SMILES string of the molecule is O=C(N[C@@H]1CCN2CCC[C@@H]2C1)N[C@H]1CCOC2(CCCCC2)C1. The second-order valence-corrected chi connectivity index (χ2v) is 8.45. The Morgan fingerprint density at radius 3 is 2.67 bits per heavy atom. The van der Waals surface area contributed by atoms with Crippen molar-refractivity contribution < 1.29 is 9.53 Å². The Kier molecular flexibility index (Phi) is 5.00. The highest BCUT2D eigenvalue weighted by Crippen LogP contribution is 2.38. The molecular formula is C19H33N3O2. The van der Waals surface area contributed by atoms with E-state index >= 15 is 0 Å². The zero-order chi connectivity index (χ0) is 16.4. The lowest BCUT2D eigenvalue weighted by Crippen LogP contribution is -2.54. The van der Waals surface area contributed by atoms with Crippen molar-refractivity contribution in [3.63, 3.8) is 0 Å². The van der Waals surface area contributed by atoms with Crippen molar-refractivity contribution in [2.24, 2.45) is 0 Å². The summed E-state index contributed by atoms with van der Waals surface area (Å²) in [5.74, 6) is 0. The highest BCUT2D eigenvalue weighted by Gasteiger charge is 2.39. The van der Waals surface area contributed by atoms with Crippen LogP contribution in [0.1, 0.15) is 70.6 Å². The van der Waals surface area contributed by atoms with Gasteiger partial charge in [-0.05, 0) is 57.9 Å². The third kappa shape index (κ3) is 3.72. The van der Waals surface area contributed by atoms with Gasteiger partial charge in [-0.2, -0.15) is 0 Å². The molecule has 136 valence electrons. The minimum atomic E-state index is 0.0457. The lowest BCUT2D eigenvalue weighted by atomic mass is 9.78. The number of rotatable bonds is 2. The third-order valence-corrected chi connectivity index (χ3v) is 6.75. The molecule has 3 aliphatic heterocycles. The van der Waals surface area contributed by atoms with Crippen LogP contribution in [0.15, 0.2) is 0 Å². The molecule has 4 fully saturated rings. The van der Waals surface area contributed by atoms with E-state index in [-0.39, 0.29) is 17.7 Å². The predicted molar refractivity (Wildman–Crippen MR) is 94.1 cm³/mol. The Morgan fingerprint density at radius 1 is 0.958 bits per heavy atom. The minimum absolute atomic E-state index is 0.0457. The van der Waals surface area contributed by atoms with Gasteiger partial charge in [0.1, 0.15) is 0 Å². The first-order valence-electron chi connectivity index (χ1n) is 10.2. The monoisotopic (exact) mass is 335 g/mol. The van der Waals surface area contributed by atoms with E-state index in [1.807, 2.05) is 0 Å². The second-order valence-electron chi connectivity index (χ2n) is 8.45. The van der Waals surface area contributed by atoms with E-state index in [2.05, 4.69) is 15.5 Å². The summed E-state index contributed by atoms with van der Waals surface area (Å²) in [4.78, 5) is 15.1. The third-order valence-electron chi connectivity index (χ3n) is 6.75. The molecule has 3 saturated heterocycles. The molecule has 0 bridgehead atoms. The molecule has 0 aromatic rings. The number of urea groups is 1. The van der Waals surface area contributed by atoms with Crippen molar-refractivity contribution in [1.82, 2.24) is 15.5 Å². The van der Waals surface area contributed by atoms with Crippen molar-refractivity contribution in [3.8, 4) is 0 Å². The van der Waals surface area contributed by atoms with Crippen LogP contribution >= 0.6 is 0 Å². The van der Waals surface area contributed by atoms with Crippen LogP contribution in [0, 0.1) is 0 Å². The zero-order valence-electron chi connectivity index (χ0n) is 14.9. The fraction of sp³-hybridized carbons (Fsp3) is 0.947. The Hall–Kier alpha value is -0.810. The summed E-state index contributed by atoms with van der Waals surface area (Å²) in [7, 11) is 0. The molecule has 0 radical (unpaired) electrons. The lowest BCUT2D eigenvalue weighted by Gasteiger charge is -2.43. The van der Waals surface area contributed by atoms with Crippen LogP contribution in [0.4, 0.5) is 4.79 Å². The second kappa shape index (κ2) is 7.20. The van der Waals surface area contributed by atoms with Gasteiger partial charge in [-0.3, -0.25) is 0 Å². The summed E-state index contributed by atoms with van der Waals surface area (Å²) in [6.07, 6.45) is 13.1. The number of fused-ring (bicyclic) bond motifs is 1. The van der Waals surface area contributed by atoms with E-state index in [1.54, 1.807) is 0 Å². The van der Waals surface area contributed by atoms with Crippen molar-refractivity contribution >= 4 is 6.03 Å². The molecule has 5 heteroatoms. The highest BCUT2D eigenvalue weighted by molar-refractivity contribution is 5.74. The number of piperidine rings is 1. The summed E-state index contributed by atoms with van der Waals surface area (Å²) < 4.78 is 6.14. The van der Waals surface area contributed by atoms with Crippen LogP contribution in [-0.2, 0) is 4.74 Å². The van der Waals surface area contributed by atoms with E-state index in [1.165, 1.54) is 51.5 Å². The van der Waals surface area contributed by atoms with E-state index in [0.29, 0.717) is 12.1 Å². The number of carbonyl (C=O) groups excluding carboxylic acids is 1. The van der Waals surface area contributed by atoms with E-state index in [4.69, 9.17) is 4.74 Å². The molecule has 0 aromatic heterocycles. The molecule has 2 N–H and O–H groups in total. The summed E-state index contributed by atoms with van der Waals surface area (Å²) in [5, 5.41) is 6.51. The summed E-state index contributed by atoms with van der Waals surface area (Å²) in [6, 6.07) is 1.39. The maximum absolute atomic E-state index is 12.5. The van der Waals surface area contributed by atoms with Crippen LogP contribution in [-0.4, -0.2) is 54.4 Å². The maximum atomic E-state index is 12.5. The molecule has 1 aliphatic carbocycles. The van der Waals surface area contributed by atoms with Gasteiger partial charge in [0.15, 0.2) is 0 Å². The van der Waals surface area contributed by atoms with Gasteiger partial charge in [0.05, 0.1) is 5.60 Å². The molecule has 3 atom stereocenters. The molecule has 0 unspecified atom stereocenters. The van der Waals surface area contributed by atoms with E-state index < -0.39 is 0 Å². The van der Waals surface area contributed by atoms with Gasteiger partial charge < -0.3 is 20.3 Å². The average molecular weight is 335 g/mol. The number of carbonyl (C=O) groups is 1. The first-order chi connectivity index (χ1) is 11.7. The fourth-order valence-corrected chi connectivity index (χ4v) is 5.46. The van der Waals surface area contributed by atoms with Gasteiger partial charge in [-0.15, -0.1) is 0 Å². The Balaban J connectivity index is 1.25. The summed E-state index contributed by atoms with van der Waals surface area (Å²) >= 11 is 0. The van der Waals surface area contributed by atoms with Crippen LogP contribution < -0.4 is 10.6 Å². The number of ether oxygens (including phenoxy) is 1. The summed E-state index contributed by atoms with van der Waals surface area (Å²) in [6.45, 7) is 3.20. The predicted octanol–water partition coefficient (Wildman–Crippen LogP) is 2.79. The molecule has 3 heterocycles. The quantitative estimate of drug-likeness (QED) is 0.816. The van der Waals surface area contributed by atoms with Crippen LogP contribution in [0.2, 0.25) is 0 Å². The van der Waals surface area contributed by atoms with E-state index in [9.17, 15) is 4.79 Å². The van der Waals surface area contributed by atoms with E-state index in [0.717, 1.165) is 38.8 Å². The van der Waals surface area contributed by atoms with Gasteiger partial charge in [0.25, 0.3) is 0 Å². The molecular weight excluding hydrogens is 302 g/mol. The Bertz CT molecular complexity index is 444. The highest BCUT2D eigenvalue weighted by atomic mass is 16.5. The first-order valence-corrected chi connectivity index (χ1v) is 10.2. The average Bonchev–Trinajstić information content (AvgIpc) is 3.03. The van der Waals surface area contributed by atoms with Gasteiger partial charge in [-0.1, -0.05) is 19.3 Å². The Morgan fingerprint density at radius 2 is 1.79 bits per heavy atom. The smallest absolute Gasteiger partial charge is 0.315 e. The van der Waals surface area contributed by atoms with Crippen LogP contribution in [0.3, 0.4) is 0 Å². The van der Waals surface area contributed by atoms with Crippen molar-refractivity contribution in [2.75, 3.05) is 19.7 Å². The van der Waals surface area contributed by atoms with Gasteiger partial charge in [-0.25, -0.2) is 4.79 Å². The molecule has 4 aliphatic rings. The normalized spacial score (nSPS) is 36.2. The van der Waals surface area contributed by atoms with Crippen molar-refractivity contribution in [3.05, 3.63) is 0 Å². The Labute approximate surface area is 145 Å². The standard InChI is InChI=1S/C19H33N3O2/c23-18(20-15-6-11-22-10-4-5-17(22)13-15)21-16-7-12-24-19(14-16)8-2-1-3-9-19/h15-17H,1-14H2,(H2,20,21,23)/t15-,16+,17-/m1/s1. The fourth-order valence-electron chi connectivity index (χ4n) is 5.46. The molecule has 5 nitrogen and oxygen atoms in total. The number of nitrogens with zero attached hydrogens (tertiary/aromatic N) is 1. The molecule has 1 saturated carbocycles. The van der Waals surface area contributed by atoms with Gasteiger partial charge in [0.2, 0.25) is 0 Å². The molecule has 24 heavy (non-hydrogen) atoms. The molecule has 0 aromatic carbocycles. The molecule has 1 spiro atoms. The van der Waals surface area contributed by atoms with Crippen LogP contribution in [0.25, 0.3) is 0 Å². The largest absolute Gasteiger partial charge is 0.375 e. The first kappa shape index (κ1) is 16.6. The topological polar surface area (TPSA) is 53.6 Å². The van der Waals surface area contributed by atoms with Gasteiger partial charge in [0, 0.05) is 31.3 Å². The zero-order valence-corrected chi connectivity index (χ0v) is 14.9. The van der Waals surface area contributed by atoms with Crippen molar-refractivity contribution in [2.45, 2.75) is 94.4 Å². The molecule has 2 amide bonds. The van der Waals surface area contributed by atoms with Gasteiger partial charge >= 0.3 is 6.03 Å². The maximum Gasteiger partial charge on any atom is 0.315 e. The minimum Gasteiger partial charge on any atom is -0.375 e. The summed E-state index contributed by atoms with van der Waals surface area (Å²) in [5.41, 5.74) is 0.0592. The number of hydrogen-bond donors (Lipinski definition) is 2. The van der Waals surface area contributed by atoms with Crippen molar-refractivity contribution in [1.29, 1.82) is 0 Å².